The Kier molecular flexibility index (Phi) is 8.25. The molecule has 0 aromatic carbocycles. The summed E-state index contributed by atoms with van der Waals surface area (Å²) in [5, 5.41) is 2.90. The molecule has 0 aromatic rings. The first kappa shape index (κ1) is 20.2. The summed E-state index contributed by atoms with van der Waals surface area (Å²) in [5.74, 6) is -0.376. The zero-order valence-corrected chi connectivity index (χ0v) is 13.5. The third-order valence-electron chi connectivity index (χ3n) is 3.51. The Bertz CT molecular complexity index is 322. The van der Waals surface area contributed by atoms with Crippen molar-refractivity contribution in [3.63, 3.8) is 0 Å². The maximum Gasteiger partial charge on any atom is 0.401 e. The van der Waals surface area contributed by atoms with Crippen LogP contribution in [0.25, 0.3) is 0 Å². The molecule has 0 saturated carbocycles. The van der Waals surface area contributed by atoms with Crippen LogP contribution in [0, 0.1) is 0 Å². The van der Waals surface area contributed by atoms with Gasteiger partial charge in [-0.25, -0.2) is 0 Å². The normalized spacial score (nSPS) is 15.3. The fraction of sp³-hybridized carbons (Fsp3) is 0.929. The highest BCUT2D eigenvalue weighted by atomic mass is 19.4. The molecule has 0 radical (unpaired) electrons. The van der Waals surface area contributed by atoms with Gasteiger partial charge in [-0.1, -0.05) is 0 Å². The van der Waals surface area contributed by atoms with Crippen LogP contribution >= 0.6 is 0 Å². The number of nitrogens with one attached hydrogen (secondary N) is 1. The van der Waals surface area contributed by atoms with Gasteiger partial charge in [-0.15, -0.1) is 0 Å². The van der Waals surface area contributed by atoms with E-state index in [0.717, 1.165) is 0 Å². The smallest absolute Gasteiger partial charge is 0.401 e. The molecule has 7 heteroatoms. The maximum absolute atomic E-state index is 12.5. The highest BCUT2D eigenvalue weighted by molar-refractivity contribution is 5.80. The lowest BCUT2D eigenvalue weighted by atomic mass is 9.96. The molecule has 0 aliphatic heterocycles. The summed E-state index contributed by atoms with van der Waals surface area (Å²) in [7, 11) is 1.65. The molecule has 0 aromatic heterocycles. The van der Waals surface area contributed by atoms with Crippen molar-refractivity contribution >= 4 is 5.97 Å². The number of hydrogen-bond donors (Lipinski definition) is 1. The minimum Gasteiger partial charge on any atom is -0.465 e. The molecule has 0 bridgehead atoms. The summed E-state index contributed by atoms with van der Waals surface area (Å²) >= 11 is 0. The zero-order chi connectivity index (χ0) is 16.7. The topological polar surface area (TPSA) is 41.6 Å². The van der Waals surface area contributed by atoms with Crippen molar-refractivity contribution in [2.75, 3.05) is 26.7 Å². The minimum atomic E-state index is -4.21. The van der Waals surface area contributed by atoms with Crippen molar-refractivity contribution in [2.24, 2.45) is 0 Å². The summed E-state index contributed by atoms with van der Waals surface area (Å²) in [6.07, 6.45) is -3.31. The molecule has 1 unspecified atom stereocenters. The predicted octanol–water partition coefficient (Wildman–Crippen LogP) is 2.58. The summed E-state index contributed by atoms with van der Waals surface area (Å²) in [4.78, 5) is 13.2. The standard InChI is InChI=1S/C14H27F3N2O2/c1-6-21-12(20)13(4,18-5)8-7-9-19(11(2)3)10-14(15,16)17/h11,18H,6-10H2,1-5H3. The van der Waals surface area contributed by atoms with Gasteiger partial charge in [0.1, 0.15) is 5.54 Å². The van der Waals surface area contributed by atoms with E-state index in [2.05, 4.69) is 5.32 Å². The summed E-state index contributed by atoms with van der Waals surface area (Å²) in [5.41, 5.74) is -0.864. The molecular weight excluding hydrogens is 285 g/mol. The van der Waals surface area contributed by atoms with E-state index in [1.807, 2.05) is 0 Å². The van der Waals surface area contributed by atoms with Gasteiger partial charge in [-0.2, -0.15) is 13.2 Å². The van der Waals surface area contributed by atoms with Gasteiger partial charge in [0, 0.05) is 6.04 Å². The summed E-state index contributed by atoms with van der Waals surface area (Å²) < 4.78 is 42.5. The highest BCUT2D eigenvalue weighted by Gasteiger charge is 2.34. The first-order valence-electron chi connectivity index (χ1n) is 7.22. The quantitative estimate of drug-likeness (QED) is 0.665. The number of rotatable bonds is 9. The van der Waals surface area contributed by atoms with Gasteiger partial charge in [0.2, 0.25) is 0 Å². The Morgan fingerprint density at radius 3 is 2.29 bits per heavy atom. The number of nitrogens with zero attached hydrogens (tertiary/aromatic N) is 1. The fourth-order valence-electron chi connectivity index (χ4n) is 2.01. The van der Waals surface area contributed by atoms with Crippen LogP contribution in [-0.4, -0.2) is 55.4 Å². The van der Waals surface area contributed by atoms with E-state index in [-0.39, 0.29) is 25.2 Å². The van der Waals surface area contributed by atoms with Gasteiger partial charge in [-0.3, -0.25) is 9.69 Å². The molecule has 21 heavy (non-hydrogen) atoms. The van der Waals surface area contributed by atoms with Crippen LogP contribution < -0.4 is 5.32 Å². The fourth-order valence-corrected chi connectivity index (χ4v) is 2.01. The number of halogens is 3. The Balaban J connectivity index is 4.50. The van der Waals surface area contributed by atoms with Gasteiger partial charge in [0.25, 0.3) is 0 Å². The largest absolute Gasteiger partial charge is 0.465 e. The molecule has 0 spiro atoms. The number of ether oxygens (including phenoxy) is 1. The Morgan fingerprint density at radius 2 is 1.90 bits per heavy atom. The van der Waals surface area contributed by atoms with Crippen LogP contribution in [0.1, 0.15) is 40.5 Å². The zero-order valence-electron chi connectivity index (χ0n) is 13.5. The Hall–Kier alpha value is -0.820. The molecule has 0 aliphatic rings. The van der Waals surface area contributed by atoms with Crippen LogP contribution in [-0.2, 0) is 9.53 Å². The van der Waals surface area contributed by atoms with Crippen molar-refractivity contribution in [1.82, 2.24) is 10.2 Å². The number of hydrogen-bond acceptors (Lipinski definition) is 4. The van der Waals surface area contributed by atoms with E-state index in [4.69, 9.17) is 4.74 Å². The number of likely N-dealkylation sites (N-methyl/N-ethyl adjacent to an activating group) is 1. The van der Waals surface area contributed by atoms with Crippen LogP contribution in [0.4, 0.5) is 13.2 Å². The van der Waals surface area contributed by atoms with Gasteiger partial charge >= 0.3 is 12.1 Å². The second kappa shape index (κ2) is 8.58. The summed E-state index contributed by atoms with van der Waals surface area (Å²) in [6.45, 7) is 6.52. The molecule has 1 N–H and O–H groups in total. The number of alkyl halides is 3. The van der Waals surface area contributed by atoms with E-state index in [1.165, 1.54) is 4.90 Å². The molecule has 1 atom stereocenters. The second-order valence-corrected chi connectivity index (χ2v) is 5.59. The Morgan fingerprint density at radius 1 is 1.33 bits per heavy atom. The van der Waals surface area contributed by atoms with Gasteiger partial charge in [0.05, 0.1) is 13.2 Å². The highest BCUT2D eigenvalue weighted by Crippen LogP contribution is 2.20. The van der Waals surface area contributed by atoms with Gasteiger partial charge in [0.15, 0.2) is 0 Å². The second-order valence-electron chi connectivity index (χ2n) is 5.59. The third kappa shape index (κ3) is 7.66. The van der Waals surface area contributed by atoms with E-state index >= 15 is 0 Å². The number of carbonyl (C=O) groups is 1. The molecule has 0 rings (SSSR count). The van der Waals surface area contributed by atoms with Crippen molar-refractivity contribution < 1.29 is 22.7 Å². The van der Waals surface area contributed by atoms with Crippen LogP contribution in [0.5, 0.6) is 0 Å². The molecule has 126 valence electrons. The molecule has 0 heterocycles. The summed E-state index contributed by atoms with van der Waals surface area (Å²) in [6, 6.07) is -0.199. The minimum absolute atomic E-state index is 0.199. The third-order valence-corrected chi connectivity index (χ3v) is 3.51. The SMILES string of the molecule is CCOC(=O)C(C)(CCCN(CC(F)(F)F)C(C)C)NC. The molecule has 0 amide bonds. The van der Waals surface area contributed by atoms with E-state index in [9.17, 15) is 18.0 Å². The van der Waals surface area contributed by atoms with E-state index in [1.54, 1.807) is 34.7 Å². The molecular formula is C14H27F3N2O2. The van der Waals surface area contributed by atoms with Crippen molar-refractivity contribution in [3.8, 4) is 0 Å². The lowest BCUT2D eigenvalue weighted by Crippen LogP contribution is -2.49. The van der Waals surface area contributed by atoms with Crippen molar-refractivity contribution in [3.05, 3.63) is 0 Å². The van der Waals surface area contributed by atoms with E-state index in [0.29, 0.717) is 12.8 Å². The predicted molar refractivity (Wildman–Crippen MR) is 76.1 cm³/mol. The van der Waals surface area contributed by atoms with Crippen molar-refractivity contribution in [1.29, 1.82) is 0 Å². The first-order valence-corrected chi connectivity index (χ1v) is 7.22. The average Bonchev–Trinajstić information content (AvgIpc) is 2.36. The first-order chi connectivity index (χ1) is 9.55. The lowest BCUT2D eigenvalue weighted by molar-refractivity contribution is -0.153. The molecule has 0 saturated heterocycles. The number of carbonyl (C=O) groups excluding carboxylic acids is 1. The van der Waals surface area contributed by atoms with Crippen LogP contribution in [0.3, 0.4) is 0 Å². The van der Waals surface area contributed by atoms with E-state index < -0.39 is 18.3 Å². The monoisotopic (exact) mass is 312 g/mol. The molecule has 4 nitrogen and oxygen atoms in total. The van der Waals surface area contributed by atoms with Crippen LogP contribution in [0.2, 0.25) is 0 Å². The number of esters is 1. The molecule has 0 aliphatic carbocycles. The maximum atomic E-state index is 12.5. The van der Waals surface area contributed by atoms with Gasteiger partial charge < -0.3 is 10.1 Å². The lowest BCUT2D eigenvalue weighted by Gasteiger charge is -2.30. The van der Waals surface area contributed by atoms with Crippen molar-refractivity contribution in [2.45, 2.75) is 58.3 Å². The van der Waals surface area contributed by atoms with Crippen LogP contribution in [0.15, 0.2) is 0 Å². The molecule has 0 fully saturated rings. The Labute approximate surface area is 125 Å². The average molecular weight is 312 g/mol. The van der Waals surface area contributed by atoms with Gasteiger partial charge in [-0.05, 0) is 54.1 Å².